The van der Waals surface area contributed by atoms with E-state index in [1.165, 1.54) is 32.1 Å². The average Bonchev–Trinajstić information content (AvgIpc) is 3.94. The van der Waals surface area contributed by atoms with Crippen LogP contribution in [0.25, 0.3) is 11.1 Å². The molecular weight excluding hydrogens is 644 g/mol. The van der Waals surface area contributed by atoms with Gasteiger partial charge >= 0.3 is 11.9 Å². The van der Waals surface area contributed by atoms with Gasteiger partial charge in [-0.05, 0) is 114 Å². The van der Waals surface area contributed by atoms with Crippen molar-refractivity contribution in [1.29, 1.82) is 0 Å². The van der Waals surface area contributed by atoms with Gasteiger partial charge in [0.05, 0.1) is 37.6 Å². The molecule has 0 bridgehead atoms. The van der Waals surface area contributed by atoms with E-state index in [1.54, 1.807) is 36.4 Å². The number of carbonyl (C=O) groups excluding carboxylic acids is 2. The van der Waals surface area contributed by atoms with Crippen molar-refractivity contribution < 1.29 is 38.0 Å². The lowest BCUT2D eigenvalue weighted by atomic mass is 9.99. The molecule has 1 aliphatic carbocycles. The second-order valence-corrected chi connectivity index (χ2v) is 13.2. The van der Waals surface area contributed by atoms with Crippen LogP contribution in [0.15, 0.2) is 84.9 Å². The predicted molar refractivity (Wildman–Crippen MR) is 196 cm³/mol. The van der Waals surface area contributed by atoms with Crippen LogP contribution in [-0.2, 0) is 9.47 Å². The third kappa shape index (κ3) is 10.2. The zero-order valence-corrected chi connectivity index (χ0v) is 29.7. The smallest absolute Gasteiger partial charge is 0.343 e. The van der Waals surface area contributed by atoms with E-state index in [0.717, 1.165) is 53.9 Å². The fraction of sp³-hybridized carbons (Fsp3) is 0.395. The van der Waals surface area contributed by atoms with E-state index in [1.807, 2.05) is 48.5 Å². The van der Waals surface area contributed by atoms with Gasteiger partial charge in [-0.3, -0.25) is 0 Å². The number of fused-ring (bicyclic) bond motifs is 3. The summed E-state index contributed by atoms with van der Waals surface area (Å²) in [6.45, 7) is 7.75. The fourth-order valence-corrected chi connectivity index (χ4v) is 6.24. The van der Waals surface area contributed by atoms with Gasteiger partial charge in [0.15, 0.2) is 0 Å². The van der Waals surface area contributed by atoms with Crippen LogP contribution in [0.3, 0.4) is 0 Å². The van der Waals surface area contributed by atoms with Crippen LogP contribution < -0.4 is 18.9 Å². The average molecular weight is 693 g/mol. The molecule has 268 valence electrons. The van der Waals surface area contributed by atoms with Crippen molar-refractivity contribution in [3.63, 3.8) is 0 Å². The number of esters is 2. The Hall–Kier alpha value is -4.66. The van der Waals surface area contributed by atoms with Crippen molar-refractivity contribution in [2.45, 2.75) is 77.2 Å². The number of hydrogen-bond acceptors (Lipinski definition) is 8. The normalized spacial score (nSPS) is 15.5. The number of ether oxygens (including phenoxy) is 6. The Morgan fingerprint density at radius 2 is 1.06 bits per heavy atom. The zero-order valence-electron chi connectivity index (χ0n) is 29.7. The lowest BCUT2D eigenvalue weighted by Gasteiger charge is -2.11. The van der Waals surface area contributed by atoms with Crippen molar-refractivity contribution in [2.24, 2.45) is 0 Å². The van der Waals surface area contributed by atoms with E-state index >= 15 is 0 Å². The maximum Gasteiger partial charge on any atom is 0.343 e. The minimum Gasteiger partial charge on any atom is -0.494 e. The molecule has 0 radical (unpaired) electrons. The Kier molecular flexibility index (Phi) is 12.8. The molecule has 1 saturated heterocycles. The van der Waals surface area contributed by atoms with Crippen molar-refractivity contribution in [2.75, 3.05) is 33.0 Å². The number of epoxide rings is 1. The Bertz CT molecular complexity index is 1740. The van der Waals surface area contributed by atoms with Gasteiger partial charge < -0.3 is 28.4 Å². The van der Waals surface area contributed by atoms with E-state index in [4.69, 9.17) is 28.4 Å². The summed E-state index contributed by atoms with van der Waals surface area (Å²) in [5.41, 5.74) is 5.13. The first-order valence-corrected chi connectivity index (χ1v) is 18.4. The van der Waals surface area contributed by atoms with Crippen LogP contribution in [-0.4, -0.2) is 51.1 Å². The quantitative estimate of drug-likeness (QED) is 0.0391. The Morgan fingerprint density at radius 3 is 1.57 bits per heavy atom. The molecule has 8 nitrogen and oxygen atoms in total. The topological polar surface area (TPSA) is 92.8 Å². The first-order valence-electron chi connectivity index (χ1n) is 18.4. The second kappa shape index (κ2) is 18.0. The van der Waals surface area contributed by atoms with Crippen LogP contribution in [0.4, 0.5) is 0 Å². The van der Waals surface area contributed by atoms with E-state index < -0.39 is 11.9 Å². The summed E-state index contributed by atoms with van der Waals surface area (Å²) in [5, 5.41) is 0. The highest BCUT2D eigenvalue weighted by Crippen LogP contribution is 2.47. The fourth-order valence-electron chi connectivity index (χ4n) is 6.24. The highest BCUT2D eigenvalue weighted by Gasteiger charge is 2.27. The predicted octanol–water partition coefficient (Wildman–Crippen LogP) is 9.57. The van der Waals surface area contributed by atoms with Gasteiger partial charge in [-0.15, -0.1) is 0 Å². The standard InChI is InChI=1S/C43H48O8/c1-3-4-5-6-7-8-24-47-33-15-11-31(12-16-33)42(44)50-35-19-21-38-39-22-20-36(27-41(39)30(2)40(38)26-35)51-43(45)32-13-17-34(18-14-32)48-25-10-9-23-46-28-37-29-49-37/h11-22,26-27,30,37H,3-10,23-25,28-29H2,1-2H3. The largest absolute Gasteiger partial charge is 0.494 e. The minimum atomic E-state index is -0.437. The number of rotatable bonds is 20. The lowest BCUT2D eigenvalue weighted by molar-refractivity contribution is 0.0725. The van der Waals surface area contributed by atoms with Crippen molar-refractivity contribution >= 4 is 11.9 Å². The van der Waals surface area contributed by atoms with Crippen LogP contribution >= 0.6 is 0 Å². The first-order chi connectivity index (χ1) is 25.0. The SMILES string of the molecule is CCCCCCCCOc1ccc(C(=O)Oc2ccc3c(c2)C(C)c2cc(OC(=O)c4ccc(OCCCCOCC5CO5)cc4)ccc2-3)cc1. The summed E-state index contributed by atoms with van der Waals surface area (Å²) >= 11 is 0. The van der Waals surface area contributed by atoms with Crippen molar-refractivity contribution in [1.82, 2.24) is 0 Å². The van der Waals surface area contributed by atoms with E-state index in [2.05, 4.69) is 13.8 Å². The highest BCUT2D eigenvalue weighted by atomic mass is 16.6. The number of benzene rings is 4. The summed E-state index contributed by atoms with van der Waals surface area (Å²) in [6.07, 6.45) is 9.35. The maximum atomic E-state index is 13.0. The molecule has 2 unspecified atom stereocenters. The van der Waals surface area contributed by atoms with Gasteiger partial charge in [-0.2, -0.15) is 0 Å². The molecule has 1 fully saturated rings. The van der Waals surface area contributed by atoms with Gasteiger partial charge in [-0.25, -0.2) is 9.59 Å². The summed E-state index contributed by atoms with van der Waals surface area (Å²) in [4.78, 5) is 26.0. The lowest BCUT2D eigenvalue weighted by Crippen LogP contribution is -2.09. The van der Waals surface area contributed by atoms with E-state index in [-0.39, 0.29) is 5.92 Å². The number of unbranched alkanes of at least 4 members (excludes halogenated alkanes) is 6. The Balaban J connectivity index is 0.968. The van der Waals surface area contributed by atoms with Gasteiger partial charge in [0.25, 0.3) is 0 Å². The molecular formula is C43H48O8. The summed E-state index contributed by atoms with van der Waals surface area (Å²) < 4.78 is 33.9. The summed E-state index contributed by atoms with van der Waals surface area (Å²) in [6, 6.07) is 25.5. The molecule has 1 aliphatic heterocycles. The zero-order chi connectivity index (χ0) is 35.4. The Labute approximate surface area is 301 Å². The van der Waals surface area contributed by atoms with Crippen LogP contribution in [0.1, 0.15) is 103 Å². The molecule has 2 aliphatic rings. The molecule has 8 heteroatoms. The molecule has 6 rings (SSSR count). The summed E-state index contributed by atoms with van der Waals surface area (Å²) in [5.74, 6) is 1.57. The van der Waals surface area contributed by atoms with Gasteiger partial charge in [0, 0.05) is 12.5 Å². The highest BCUT2D eigenvalue weighted by molar-refractivity contribution is 5.92. The van der Waals surface area contributed by atoms with E-state index in [0.29, 0.717) is 60.9 Å². The minimum absolute atomic E-state index is 0.0191. The van der Waals surface area contributed by atoms with Crippen molar-refractivity contribution in [3.05, 3.63) is 107 Å². The molecule has 0 amide bonds. The molecule has 4 aromatic rings. The maximum absolute atomic E-state index is 13.0. The molecule has 0 aromatic heterocycles. The molecule has 51 heavy (non-hydrogen) atoms. The van der Waals surface area contributed by atoms with Crippen molar-refractivity contribution in [3.8, 4) is 34.1 Å². The molecule has 2 atom stereocenters. The molecule has 0 spiro atoms. The monoisotopic (exact) mass is 692 g/mol. The molecule has 4 aromatic carbocycles. The third-order valence-electron chi connectivity index (χ3n) is 9.29. The van der Waals surface area contributed by atoms with Gasteiger partial charge in [0.1, 0.15) is 29.1 Å². The Morgan fingerprint density at radius 1 is 0.608 bits per heavy atom. The second-order valence-electron chi connectivity index (χ2n) is 13.2. The molecule has 0 saturated carbocycles. The molecule has 1 heterocycles. The third-order valence-corrected chi connectivity index (χ3v) is 9.29. The number of carbonyl (C=O) groups is 2. The van der Waals surface area contributed by atoms with Crippen LogP contribution in [0, 0.1) is 0 Å². The first kappa shape index (κ1) is 36.1. The van der Waals surface area contributed by atoms with Crippen LogP contribution in [0.5, 0.6) is 23.0 Å². The van der Waals surface area contributed by atoms with Crippen LogP contribution in [0.2, 0.25) is 0 Å². The van der Waals surface area contributed by atoms with Gasteiger partial charge in [0.2, 0.25) is 0 Å². The summed E-state index contributed by atoms with van der Waals surface area (Å²) in [7, 11) is 0. The number of hydrogen-bond donors (Lipinski definition) is 0. The molecule has 0 N–H and O–H groups in total. The van der Waals surface area contributed by atoms with E-state index in [9.17, 15) is 9.59 Å². The van der Waals surface area contributed by atoms with Gasteiger partial charge in [-0.1, -0.05) is 58.1 Å².